The molecule has 5 heteroatoms. The van der Waals surface area contributed by atoms with Crippen molar-refractivity contribution in [3.05, 3.63) is 35.1 Å². The van der Waals surface area contributed by atoms with Gasteiger partial charge < -0.3 is 5.11 Å². The predicted octanol–water partition coefficient (Wildman–Crippen LogP) is 2.19. The Bertz CT molecular complexity index is 529. The van der Waals surface area contributed by atoms with E-state index in [1.54, 1.807) is 0 Å². The zero-order valence-electron chi connectivity index (χ0n) is 12.1. The standard InChI is InChI=1S/C16H21FN2O2/c17-13-3-4-15(16(20)21)12(9-13)10-18-8-5-14(11-18)19-6-1-2-7-19/h3-4,9,14H,1-2,5-8,10-11H2,(H,20,21). The van der Waals surface area contributed by atoms with Crippen molar-refractivity contribution in [3.63, 3.8) is 0 Å². The highest BCUT2D eigenvalue weighted by molar-refractivity contribution is 5.89. The van der Waals surface area contributed by atoms with Crippen LogP contribution >= 0.6 is 0 Å². The van der Waals surface area contributed by atoms with Crippen LogP contribution in [0, 0.1) is 5.82 Å². The molecule has 1 unspecified atom stereocenters. The van der Waals surface area contributed by atoms with E-state index < -0.39 is 5.97 Å². The number of hydrogen-bond donors (Lipinski definition) is 1. The molecule has 21 heavy (non-hydrogen) atoms. The fraction of sp³-hybridized carbons (Fsp3) is 0.562. The summed E-state index contributed by atoms with van der Waals surface area (Å²) in [4.78, 5) is 16.0. The lowest BCUT2D eigenvalue weighted by molar-refractivity contribution is 0.0694. The number of aromatic carboxylic acids is 1. The molecule has 3 rings (SSSR count). The van der Waals surface area contributed by atoms with Crippen LogP contribution in [0.2, 0.25) is 0 Å². The van der Waals surface area contributed by atoms with Crippen molar-refractivity contribution in [1.29, 1.82) is 0 Å². The van der Waals surface area contributed by atoms with Gasteiger partial charge in [-0.1, -0.05) is 0 Å². The Morgan fingerprint density at radius 1 is 1.29 bits per heavy atom. The molecule has 2 fully saturated rings. The van der Waals surface area contributed by atoms with Crippen LogP contribution in [-0.4, -0.2) is 53.1 Å². The number of likely N-dealkylation sites (tertiary alicyclic amines) is 2. The van der Waals surface area contributed by atoms with Crippen molar-refractivity contribution >= 4 is 5.97 Å². The molecule has 114 valence electrons. The zero-order valence-corrected chi connectivity index (χ0v) is 12.1. The Balaban J connectivity index is 1.67. The van der Waals surface area contributed by atoms with Gasteiger partial charge in [0.05, 0.1) is 5.56 Å². The molecule has 0 radical (unpaired) electrons. The molecular formula is C16H21FN2O2. The molecule has 0 aromatic heterocycles. The van der Waals surface area contributed by atoms with Gasteiger partial charge in [0.2, 0.25) is 0 Å². The fourth-order valence-electron chi connectivity index (χ4n) is 3.50. The normalized spacial score (nSPS) is 23.8. The number of nitrogens with zero attached hydrogens (tertiary/aromatic N) is 2. The maximum Gasteiger partial charge on any atom is 0.336 e. The molecule has 1 aromatic carbocycles. The molecule has 1 aromatic rings. The minimum absolute atomic E-state index is 0.209. The van der Waals surface area contributed by atoms with Gasteiger partial charge in [-0.2, -0.15) is 0 Å². The third-order valence-electron chi connectivity index (χ3n) is 4.60. The molecule has 2 heterocycles. The molecule has 2 aliphatic rings. The van der Waals surface area contributed by atoms with Gasteiger partial charge in [0, 0.05) is 25.7 Å². The Hall–Kier alpha value is -1.46. The van der Waals surface area contributed by atoms with Gasteiger partial charge in [0.25, 0.3) is 0 Å². The minimum Gasteiger partial charge on any atom is -0.478 e. The third kappa shape index (κ3) is 3.24. The first-order chi connectivity index (χ1) is 10.1. The maximum absolute atomic E-state index is 13.4. The SMILES string of the molecule is O=C(O)c1ccc(F)cc1CN1CCC(N2CCCC2)C1. The highest BCUT2D eigenvalue weighted by Gasteiger charge is 2.29. The summed E-state index contributed by atoms with van der Waals surface area (Å²) in [5.74, 6) is -1.36. The van der Waals surface area contributed by atoms with Crippen LogP contribution in [-0.2, 0) is 6.54 Å². The van der Waals surface area contributed by atoms with Crippen LogP contribution in [0.15, 0.2) is 18.2 Å². The summed E-state index contributed by atoms with van der Waals surface area (Å²) in [6.07, 6.45) is 3.69. The highest BCUT2D eigenvalue weighted by atomic mass is 19.1. The maximum atomic E-state index is 13.4. The molecule has 4 nitrogen and oxygen atoms in total. The Morgan fingerprint density at radius 2 is 2.05 bits per heavy atom. The largest absolute Gasteiger partial charge is 0.478 e. The minimum atomic E-state index is -0.986. The number of halogens is 1. The second-order valence-electron chi connectivity index (χ2n) is 6.03. The molecule has 1 N–H and O–H groups in total. The van der Waals surface area contributed by atoms with E-state index in [2.05, 4.69) is 9.80 Å². The number of carboxylic acid groups (broad SMARTS) is 1. The molecule has 0 saturated carbocycles. The van der Waals surface area contributed by atoms with Crippen molar-refractivity contribution in [3.8, 4) is 0 Å². The topological polar surface area (TPSA) is 43.8 Å². The molecule has 2 saturated heterocycles. The van der Waals surface area contributed by atoms with E-state index in [1.165, 1.54) is 44.1 Å². The van der Waals surface area contributed by atoms with Crippen molar-refractivity contribution in [1.82, 2.24) is 9.80 Å². The molecular weight excluding hydrogens is 271 g/mol. The molecule has 0 bridgehead atoms. The first-order valence-electron chi connectivity index (χ1n) is 7.61. The Labute approximate surface area is 124 Å². The second kappa shape index (κ2) is 6.12. The highest BCUT2D eigenvalue weighted by Crippen LogP contribution is 2.23. The summed E-state index contributed by atoms with van der Waals surface area (Å²) in [7, 11) is 0. The number of benzene rings is 1. The monoisotopic (exact) mass is 292 g/mol. The van der Waals surface area contributed by atoms with Crippen LogP contribution in [0.25, 0.3) is 0 Å². The first-order valence-corrected chi connectivity index (χ1v) is 7.61. The number of carboxylic acids is 1. The summed E-state index contributed by atoms with van der Waals surface area (Å²) >= 11 is 0. The van der Waals surface area contributed by atoms with Crippen LogP contribution < -0.4 is 0 Å². The van der Waals surface area contributed by atoms with E-state index in [-0.39, 0.29) is 11.4 Å². The Morgan fingerprint density at radius 3 is 2.76 bits per heavy atom. The smallest absolute Gasteiger partial charge is 0.336 e. The van der Waals surface area contributed by atoms with E-state index in [0.29, 0.717) is 18.2 Å². The number of rotatable bonds is 4. The average Bonchev–Trinajstić information content (AvgIpc) is 3.08. The summed E-state index contributed by atoms with van der Waals surface area (Å²) < 4.78 is 13.4. The summed E-state index contributed by atoms with van der Waals surface area (Å²) in [6.45, 7) is 4.79. The molecule has 1 atom stereocenters. The molecule has 0 amide bonds. The lowest BCUT2D eigenvalue weighted by Crippen LogP contribution is -2.35. The zero-order chi connectivity index (χ0) is 14.8. The van der Waals surface area contributed by atoms with E-state index in [4.69, 9.17) is 0 Å². The van der Waals surface area contributed by atoms with E-state index >= 15 is 0 Å². The lowest BCUT2D eigenvalue weighted by atomic mass is 10.1. The van der Waals surface area contributed by atoms with Crippen molar-refractivity contribution in [2.45, 2.75) is 31.8 Å². The summed E-state index contributed by atoms with van der Waals surface area (Å²) in [5, 5.41) is 9.21. The Kier molecular flexibility index (Phi) is 4.22. The third-order valence-corrected chi connectivity index (χ3v) is 4.60. The van der Waals surface area contributed by atoms with Gasteiger partial charge in [-0.3, -0.25) is 9.80 Å². The number of carbonyl (C=O) groups is 1. The summed E-state index contributed by atoms with van der Waals surface area (Å²) in [5.41, 5.74) is 0.783. The number of hydrogen-bond acceptors (Lipinski definition) is 3. The van der Waals surface area contributed by atoms with E-state index in [1.807, 2.05) is 0 Å². The molecule has 2 aliphatic heterocycles. The second-order valence-corrected chi connectivity index (χ2v) is 6.03. The average molecular weight is 292 g/mol. The van der Waals surface area contributed by atoms with Crippen molar-refractivity contribution in [2.24, 2.45) is 0 Å². The van der Waals surface area contributed by atoms with Gasteiger partial charge in [0.15, 0.2) is 0 Å². The van der Waals surface area contributed by atoms with Crippen LogP contribution in [0.5, 0.6) is 0 Å². The first kappa shape index (κ1) is 14.5. The quantitative estimate of drug-likeness (QED) is 0.924. The summed E-state index contributed by atoms with van der Waals surface area (Å²) in [6, 6.07) is 4.51. The van der Waals surface area contributed by atoms with E-state index in [9.17, 15) is 14.3 Å². The van der Waals surface area contributed by atoms with Crippen molar-refractivity contribution in [2.75, 3.05) is 26.2 Å². The lowest BCUT2D eigenvalue weighted by Gasteiger charge is -2.24. The molecule has 0 aliphatic carbocycles. The molecule has 0 spiro atoms. The van der Waals surface area contributed by atoms with Crippen LogP contribution in [0.4, 0.5) is 4.39 Å². The fourth-order valence-corrected chi connectivity index (χ4v) is 3.50. The van der Waals surface area contributed by atoms with Gasteiger partial charge in [-0.25, -0.2) is 9.18 Å². The van der Waals surface area contributed by atoms with E-state index in [0.717, 1.165) is 19.5 Å². The van der Waals surface area contributed by atoms with Gasteiger partial charge in [-0.15, -0.1) is 0 Å². The van der Waals surface area contributed by atoms with Crippen LogP contribution in [0.3, 0.4) is 0 Å². The van der Waals surface area contributed by atoms with Gasteiger partial charge in [-0.05, 0) is 56.1 Å². The van der Waals surface area contributed by atoms with Gasteiger partial charge in [0.1, 0.15) is 5.82 Å². The predicted molar refractivity (Wildman–Crippen MR) is 77.8 cm³/mol. The van der Waals surface area contributed by atoms with Gasteiger partial charge >= 0.3 is 5.97 Å². The van der Waals surface area contributed by atoms with Crippen molar-refractivity contribution < 1.29 is 14.3 Å². The van der Waals surface area contributed by atoms with Crippen LogP contribution in [0.1, 0.15) is 35.2 Å².